The molecule has 14 N–H and O–H groups in total. The molecular weight excluding hydrogens is 502 g/mol. The molecule has 3 aromatic rings. The Kier molecular flexibility index (Phi) is 13.1. The number of benzene rings is 3. The highest BCUT2D eigenvalue weighted by Gasteiger charge is 2.06. The molecule has 39 heavy (non-hydrogen) atoms. The fourth-order valence-corrected chi connectivity index (χ4v) is 3.42. The summed E-state index contributed by atoms with van der Waals surface area (Å²) in [6.07, 6.45) is 0.702. The van der Waals surface area contributed by atoms with Crippen molar-refractivity contribution in [3.8, 4) is 17.2 Å². The molecule has 214 valence electrons. The lowest BCUT2D eigenvalue weighted by Crippen LogP contribution is -2.33. The molecule has 0 aromatic heterocycles. The van der Waals surface area contributed by atoms with E-state index in [0.29, 0.717) is 97.2 Å². The van der Waals surface area contributed by atoms with Gasteiger partial charge in [0, 0.05) is 43.1 Å². The van der Waals surface area contributed by atoms with Gasteiger partial charge in [-0.3, -0.25) is 4.90 Å². The summed E-state index contributed by atoms with van der Waals surface area (Å²) in [7, 11) is 0. The third-order valence-electron chi connectivity index (χ3n) is 5.40. The number of nitrogens with two attached hydrogens (primary N) is 6. The largest absolute Gasteiger partial charge is 0.491 e. The summed E-state index contributed by atoms with van der Waals surface area (Å²) in [6, 6.07) is 15.4. The first-order valence-corrected chi connectivity index (χ1v) is 12.5. The van der Waals surface area contributed by atoms with E-state index in [0.717, 1.165) is 0 Å². The Balaban J connectivity index is 0.000000277. The van der Waals surface area contributed by atoms with Crippen LogP contribution in [0.4, 0.5) is 34.1 Å². The van der Waals surface area contributed by atoms with Crippen LogP contribution in [0.3, 0.4) is 0 Å². The van der Waals surface area contributed by atoms with Crippen LogP contribution < -0.4 is 48.6 Å². The Morgan fingerprint density at radius 2 is 0.872 bits per heavy atom. The van der Waals surface area contributed by atoms with Crippen LogP contribution >= 0.6 is 0 Å². The highest BCUT2D eigenvalue weighted by molar-refractivity contribution is 5.62. The molecule has 0 aliphatic heterocycles. The molecule has 0 fully saturated rings. The van der Waals surface area contributed by atoms with Crippen molar-refractivity contribution in [3.05, 3.63) is 54.6 Å². The number of aliphatic hydroxyl groups excluding tert-OH is 2. The minimum atomic E-state index is 0.0595. The van der Waals surface area contributed by atoms with Crippen LogP contribution in [-0.4, -0.2) is 67.8 Å². The Labute approximate surface area is 229 Å². The van der Waals surface area contributed by atoms with Crippen LogP contribution in [0.25, 0.3) is 0 Å². The standard InChI is InChI=1S/C15H20N4O2.C12H21N3O3/c16-10-2-4-14(12(18)8-10)20-6-1-7-21-15-5-3-11(17)9-13(15)19;13-10-1-2-12(11(14)9-10)18-8-5-15(3-6-16)4-7-17/h2-5,8-9H,1,6-7,16-19H2;1-2,9,16-17H,3-8,13-14H2. The zero-order valence-corrected chi connectivity index (χ0v) is 22.1. The summed E-state index contributed by atoms with van der Waals surface area (Å²) in [5, 5.41) is 17.7. The first-order chi connectivity index (χ1) is 18.7. The normalized spacial score (nSPS) is 10.5. The maximum Gasteiger partial charge on any atom is 0.142 e. The number of aliphatic hydroxyl groups is 2. The Hall–Kier alpha value is -4.26. The molecule has 3 rings (SSSR count). The molecule has 3 aromatic carbocycles. The second kappa shape index (κ2) is 16.6. The van der Waals surface area contributed by atoms with Crippen molar-refractivity contribution in [2.75, 3.05) is 87.1 Å². The van der Waals surface area contributed by atoms with Crippen molar-refractivity contribution in [1.29, 1.82) is 0 Å². The van der Waals surface area contributed by atoms with Gasteiger partial charge in [-0.25, -0.2) is 0 Å². The molecule has 0 saturated carbocycles. The second-order valence-corrected chi connectivity index (χ2v) is 8.58. The highest BCUT2D eigenvalue weighted by Crippen LogP contribution is 2.25. The molecule has 0 atom stereocenters. The number of hydrogen-bond acceptors (Lipinski definition) is 12. The molecule has 12 heteroatoms. The van der Waals surface area contributed by atoms with E-state index in [-0.39, 0.29) is 13.2 Å². The number of nitrogens with zero attached hydrogens (tertiary/aromatic N) is 1. The van der Waals surface area contributed by atoms with E-state index in [1.54, 1.807) is 54.6 Å². The summed E-state index contributed by atoms with van der Waals surface area (Å²) in [4.78, 5) is 1.91. The van der Waals surface area contributed by atoms with E-state index in [1.165, 1.54) is 0 Å². The van der Waals surface area contributed by atoms with Gasteiger partial charge in [-0.15, -0.1) is 0 Å². The van der Waals surface area contributed by atoms with Crippen LogP contribution in [0, 0.1) is 0 Å². The van der Waals surface area contributed by atoms with Crippen LogP contribution in [0.15, 0.2) is 54.6 Å². The van der Waals surface area contributed by atoms with Gasteiger partial charge in [0.05, 0.1) is 43.5 Å². The van der Waals surface area contributed by atoms with Crippen molar-refractivity contribution in [2.24, 2.45) is 0 Å². The molecule has 0 radical (unpaired) electrons. The average molecular weight is 544 g/mol. The van der Waals surface area contributed by atoms with Gasteiger partial charge >= 0.3 is 0 Å². The summed E-state index contributed by atoms with van der Waals surface area (Å²) in [6.45, 7) is 3.18. The van der Waals surface area contributed by atoms with Crippen molar-refractivity contribution >= 4 is 34.1 Å². The number of anilines is 6. The number of ether oxygens (including phenoxy) is 3. The smallest absolute Gasteiger partial charge is 0.142 e. The van der Waals surface area contributed by atoms with E-state index in [2.05, 4.69) is 0 Å². The summed E-state index contributed by atoms with van der Waals surface area (Å²) in [5.74, 6) is 1.84. The summed E-state index contributed by atoms with van der Waals surface area (Å²) in [5.41, 5.74) is 37.6. The molecule has 0 aliphatic rings. The Bertz CT molecular complexity index is 1090. The lowest BCUT2D eigenvalue weighted by Gasteiger charge is -2.20. The first kappa shape index (κ1) is 31.0. The van der Waals surface area contributed by atoms with Gasteiger partial charge in [-0.05, 0) is 54.6 Å². The zero-order valence-electron chi connectivity index (χ0n) is 22.1. The van der Waals surface area contributed by atoms with Gasteiger partial charge < -0.3 is 58.8 Å². The minimum Gasteiger partial charge on any atom is -0.491 e. The van der Waals surface area contributed by atoms with Gasteiger partial charge in [0.1, 0.15) is 23.9 Å². The molecule has 0 aliphatic carbocycles. The Morgan fingerprint density at radius 1 is 0.513 bits per heavy atom. The fourth-order valence-electron chi connectivity index (χ4n) is 3.42. The van der Waals surface area contributed by atoms with E-state index < -0.39 is 0 Å². The third-order valence-corrected chi connectivity index (χ3v) is 5.40. The van der Waals surface area contributed by atoms with Gasteiger partial charge in [-0.2, -0.15) is 0 Å². The monoisotopic (exact) mass is 543 g/mol. The van der Waals surface area contributed by atoms with E-state index in [1.807, 2.05) is 4.90 Å². The molecule has 0 amide bonds. The fraction of sp³-hybridized carbons (Fsp3) is 0.333. The third kappa shape index (κ3) is 11.3. The van der Waals surface area contributed by atoms with Gasteiger partial charge in [0.15, 0.2) is 0 Å². The lowest BCUT2D eigenvalue weighted by molar-refractivity contribution is 0.142. The van der Waals surface area contributed by atoms with Gasteiger partial charge in [0.25, 0.3) is 0 Å². The Morgan fingerprint density at radius 3 is 1.21 bits per heavy atom. The number of hydrogen-bond donors (Lipinski definition) is 8. The quantitative estimate of drug-likeness (QED) is 0.106. The predicted octanol–water partition coefficient (Wildman–Crippen LogP) is 1.38. The molecule has 0 saturated heterocycles. The van der Waals surface area contributed by atoms with Crippen LogP contribution in [0.5, 0.6) is 17.2 Å². The molecule has 0 heterocycles. The van der Waals surface area contributed by atoms with E-state index in [9.17, 15) is 0 Å². The van der Waals surface area contributed by atoms with Crippen LogP contribution in [0.2, 0.25) is 0 Å². The molecule has 0 spiro atoms. The molecular formula is C27H41N7O5. The van der Waals surface area contributed by atoms with E-state index in [4.69, 9.17) is 58.8 Å². The van der Waals surface area contributed by atoms with Crippen LogP contribution in [0.1, 0.15) is 6.42 Å². The number of nitrogen functional groups attached to an aromatic ring is 6. The molecule has 0 bridgehead atoms. The topological polar surface area (TPSA) is 228 Å². The highest BCUT2D eigenvalue weighted by atomic mass is 16.5. The number of rotatable bonds is 14. The summed E-state index contributed by atoms with van der Waals surface area (Å²) < 4.78 is 16.7. The minimum absolute atomic E-state index is 0.0595. The second-order valence-electron chi connectivity index (χ2n) is 8.58. The van der Waals surface area contributed by atoms with Crippen molar-refractivity contribution in [1.82, 2.24) is 4.90 Å². The van der Waals surface area contributed by atoms with Crippen molar-refractivity contribution in [2.45, 2.75) is 6.42 Å². The van der Waals surface area contributed by atoms with E-state index >= 15 is 0 Å². The van der Waals surface area contributed by atoms with Crippen molar-refractivity contribution in [3.63, 3.8) is 0 Å². The van der Waals surface area contributed by atoms with Crippen molar-refractivity contribution < 1.29 is 24.4 Å². The molecule has 0 unspecified atom stereocenters. The predicted molar refractivity (Wildman–Crippen MR) is 158 cm³/mol. The SMILES string of the molecule is Nc1ccc(OCCCOc2ccc(N)cc2N)c(N)c1.Nc1ccc(OCCN(CCO)CCO)c(N)c1. The lowest BCUT2D eigenvalue weighted by atomic mass is 10.2. The maximum atomic E-state index is 8.86. The van der Waals surface area contributed by atoms with Gasteiger partial charge in [0.2, 0.25) is 0 Å². The van der Waals surface area contributed by atoms with Crippen LogP contribution in [-0.2, 0) is 0 Å². The maximum absolute atomic E-state index is 8.86. The first-order valence-electron chi connectivity index (χ1n) is 12.5. The van der Waals surface area contributed by atoms with Gasteiger partial charge in [-0.1, -0.05) is 0 Å². The average Bonchev–Trinajstić information content (AvgIpc) is 2.88. The molecule has 12 nitrogen and oxygen atoms in total. The zero-order chi connectivity index (χ0) is 28.6. The summed E-state index contributed by atoms with van der Waals surface area (Å²) >= 11 is 0.